The van der Waals surface area contributed by atoms with E-state index in [0.717, 1.165) is 16.0 Å². The van der Waals surface area contributed by atoms with E-state index in [2.05, 4.69) is 10.6 Å². The molecule has 3 aromatic rings. The first-order chi connectivity index (χ1) is 17.1. The minimum Gasteiger partial charge on any atom is -0.495 e. The number of methoxy groups -OCH3 is 1. The van der Waals surface area contributed by atoms with Crippen molar-refractivity contribution in [1.82, 2.24) is 0 Å². The van der Waals surface area contributed by atoms with Crippen LogP contribution < -0.4 is 20.3 Å². The Labute approximate surface area is 222 Å². The zero-order valence-electron chi connectivity index (χ0n) is 19.4. The van der Waals surface area contributed by atoms with Gasteiger partial charge in [-0.1, -0.05) is 40.9 Å². The molecule has 0 bridgehead atoms. The predicted octanol–water partition coefficient (Wildman–Crippen LogP) is 6.31. The first-order valence-corrected chi connectivity index (χ1v) is 11.8. The molecule has 0 atom stereocenters. The number of nitrogens with one attached hydrogen (secondary N) is 2. The molecule has 36 heavy (non-hydrogen) atoms. The molecule has 0 saturated carbocycles. The van der Waals surface area contributed by atoms with Gasteiger partial charge >= 0.3 is 0 Å². The number of halogens is 3. The molecule has 1 aliphatic rings. The fourth-order valence-corrected chi connectivity index (χ4v) is 4.09. The topological polar surface area (TPSA) is 87.7 Å². The number of nitrogens with zero attached hydrogens (tertiary/aromatic N) is 1. The molecule has 3 aromatic carbocycles. The van der Waals surface area contributed by atoms with Crippen LogP contribution in [-0.2, 0) is 9.59 Å². The van der Waals surface area contributed by atoms with Gasteiger partial charge in [-0.25, -0.2) is 4.90 Å². The molecule has 3 amide bonds. The van der Waals surface area contributed by atoms with Crippen LogP contribution >= 0.6 is 34.8 Å². The average molecular weight is 545 g/mol. The molecular weight excluding hydrogens is 525 g/mol. The lowest BCUT2D eigenvalue weighted by molar-refractivity contribution is -0.120. The monoisotopic (exact) mass is 543 g/mol. The van der Waals surface area contributed by atoms with Gasteiger partial charge in [0.1, 0.15) is 16.5 Å². The van der Waals surface area contributed by atoms with Crippen molar-refractivity contribution in [1.29, 1.82) is 0 Å². The molecule has 0 aliphatic carbocycles. The summed E-state index contributed by atoms with van der Waals surface area (Å²) in [5, 5.41) is 6.47. The highest BCUT2D eigenvalue weighted by atomic mass is 35.5. The number of hydrogen-bond donors (Lipinski definition) is 2. The minimum atomic E-state index is -0.664. The second-order valence-electron chi connectivity index (χ2n) is 8.02. The standard InChI is InChI=1S/C26H20Cl3N3O4/c1-13-4-5-15(24(33)31-20-10-14(2)18(28)12-21(20)36-3)11-19(13)30-23-22(29)25(34)32(26(23)35)17-8-6-16(27)7-9-17/h4-12,30H,1-3H3,(H,31,33). The summed E-state index contributed by atoms with van der Waals surface area (Å²) < 4.78 is 5.32. The van der Waals surface area contributed by atoms with Crippen LogP contribution in [0.1, 0.15) is 21.5 Å². The fraction of sp³-hybridized carbons (Fsp3) is 0.115. The Morgan fingerprint density at radius 2 is 1.56 bits per heavy atom. The number of benzene rings is 3. The molecule has 0 fully saturated rings. The number of ether oxygens (including phenoxy) is 1. The Morgan fingerprint density at radius 3 is 2.22 bits per heavy atom. The van der Waals surface area contributed by atoms with E-state index in [9.17, 15) is 14.4 Å². The quantitative estimate of drug-likeness (QED) is 0.355. The molecule has 4 rings (SSSR count). The van der Waals surface area contributed by atoms with Crippen LogP contribution in [0.4, 0.5) is 17.1 Å². The van der Waals surface area contributed by atoms with Gasteiger partial charge in [0.05, 0.1) is 18.5 Å². The van der Waals surface area contributed by atoms with Crippen LogP contribution in [0.15, 0.2) is 65.3 Å². The summed E-state index contributed by atoms with van der Waals surface area (Å²) in [7, 11) is 1.48. The summed E-state index contributed by atoms with van der Waals surface area (Å²) >= 11 is 18.3. The lowest BCUT2D eigenvalue weighted by atomic mass is 10.1. The largest absolute Gasteiger partial charge is 0.495 e. The third kappa shape index (κ3) is 4.91. The van der Waals surface area contributed by atoms with E-state index in [0.29, 0.717) is 38.4 Å². The highest BCUT2D eigenvalue weighted by molar-refractivity contribution is 6.53. The molecule has 1 heterocycles. The molecule has 1 aliphatic heterocycles. The van der Waals surface area contributed by atoms with Crippen LogP contribution in [0.3, 0.4) is 0 Å². The first-order valence-electron chi connectivity index (χ1n) is 10.7. The lowest BCUT2D eigenvalue weighted by Crippen LogP contribution is -2.32. The Hall–Kier alpha value is -3.52. The van der Waals surface area contributed by atoms with Gasteiger partial charge in [0, 0.05) is 27.4 Å². The Kier molecular flexibility index (Phi) is 7.26. The highest BCUT2D eigenvalue weighted by Gasteiger charge is 2.39. The maximum absolute atomic E-state index is 13.1. The number of hydrogen-bond acceptors (Lipinski definition) is 5. The van der Waals surface area contributed by atoms with E-state index in [1.807, 2.05) is 6.92 Å². The van der Waals surface area contributed by atoms with Crippen molar-refractivity contribution < 1.29 is 19.1 Å². The summed E-state index contributed by atoms with van der Waals surface area (Å²) in [6.07, 6.45) is 0. The van der Waals surface area contributed by atoms with Crippen LogP contribution in [0.5, 0.6) is 5.75 Å². The summed E-state index contributed by atoms with van der Waals surface area (Å²) in [6, 6.07) is 14.5. The van der Waals surface area contributed by atoms with Gasteiger partial charge in [-0.05, 0) is 67.4 Å². The molecule has 7 nitrogen and oxygen atoms in total. The number of imide groups is 1. The van der Waals surface area contributed by atoms with Crippen LogP contribution in [0, 0.1) is 13.8 Å². The second-order valence-corrected chi connectivity index (χ2v) is 9.24. The molecule has 0 aromatic heterocycles. The van der Waals surface area contributed by atoms with Crippen molar-refractivity contribution >= 4 is 69.6 Å². The van der Waals surface area contributed by atoms with Crippen LogP contribution in [0.25, 0.3) is 0 Å². The second kappa shape index (κ2) is 10.2. The van der Waals surface area contributed by atoms with Gasteiger partial charge < -0.3 is 15.4 Å². The van der Waals surface area contributed by atoms with Crippen molar-refractivity contribution in [2.24, 2.45) is 0 Å². The molecular formula is C26H20Cl3N3O4. The summed E-state index contributed by atoms with van der Waals surface area (Å²) in [5.74, 6) is -1.28. The average Bonchev–Trinajstić information content (AvgIpc) is 3.06. The number of carbonyl (C=O) groups is 3. The Balaban J connectivity index is 1.59. The van der Waals surface area contributed by atoms with Crippen molar-refractivity contribution in [3.63, 3.8) is 0 Å². The number of anilines is 3. The fourth-order valence-electron chi connectivity index (χ4n) is 3.59. The molecule has 184 valence electrons. The summed E-state index contributed by atoms with van der Waals surface area (Å²) in [5.41, 5.74) is 2.95. The van der Waals surface area contributed by atoms with Crippen molar-refractivity contribution in [3.05, 3.63) is 92.1 Å². The van der Waals surface area contributed by atoms with Crippen LogP contribution in [-0.4, -0.2) is 24.8 Å². The Bertz CT molecular complexity index is 1440. The van der Waals surface area contributed by atoms with Gasteiger partial charge in [0.25, 0.3) is 17.7 Å². The zero-order chi connectivity index (χ0) is 26.1. The zero-order valence-corrected chi connectivity index (χ0v) is 21.7. The van der Waals surface area contributed by atoms with Gasteiger partial charge in [-0.15, -0.1) is 0 Å². The van der Waals surface area contributed by atoms with E-state index in [-0.39, 0.29) is 10.7 Å². The van der Waals surface area contributed by atoms with E-state index in [1.54, 1.807) is 61.5 Å². The molecule has 0 saturated heterocycles. The summed E-state index contributed by atoms with van der Waals surface area (Å²) in [4.78, 5) is 39.8. The maximum Gasteiger partial charge on any atom is 0.283 e. The number of aryl methyl sites for hydroxylation is 2. The SMILES string of the molecule is COc1cc(Cl)c(C)cc1NC(=O)c1ccc(C)c(NC2=C(Cl)C(=O)N(c3ccc(Cl)cc3)C2=O)c1. The number of amides is 3. The summed E-state index contributed by atoms with van der Waals surface area (Å²) in [6.45, 7) is 3.61. The van der Waals surface area contributed by atoms with Crippen molar-refractivity contribution in [2.75, 3.05) is 22.6 Å². The van der Waals surface area contributed by atoms with Gasteiger partial charge in [0.15, 0.2) is 0 Å². The maximum atomic E-state index is 13.1. The van der Waals surface area contributed by atoms with E-state index in [4.69, 9.17) is 39.5 Å². The van der Waals surface area contributed by atoms with Gasteiger partial charge in [-0.3, -0.25) is 14.4 Å². The minimum absolute atomic E-state index is 0.0905. The third-order valence-electron chi connectivity index (χ3n) is 5.60. The molecule has 10 heteroatoms. The van der Waals surface area contributed by atoms with E-state index < -0.39 is 17.7 Å². The van der Waals surface area contributed by atoms with E-state index >= 15 is 0 Å². The van der Waals surface area contributed by atoms with Crippen LogP contribution in [0.2, 0.25) is 10.0 Å². The van der Waals surface area contributed by atoms with Crippen molar-refractivity contribution in [3.8, 4) is 5.75 Å². The smallest absolute Gasteiger partial charge is 0.283 e. The number of carbonyl (C=O) groups excluding carboxylic acids is 3. The van der Waals surface area contributed by atoms with E-state index in [1.165, 1.54) is 7.11 Å². The first kappa shape index (κ1) is 25.6. The normalized spacial score (nSPS) is 13.3. The van der Waals surface area contributed by atoms with Crippen molar-refractivity contribution in [2.45, 2.75) is 13.8 Å². The van der Waals surface area contributed by atoms with Gasteiger partial charge in [-0.2, -0.15) is 0 Å². The highest BCUT2D eigenvalue weighted by Crippen LogP contribution is 2.33. The number of rotatable bonds is 6. The lowest BCUT2D eigenvalue weighted by Gasteiger charge is -2.16. The molecule has 0 radical (unpaired) electrons. The molecule has 2 N–H and O–H groups in total. The third-order valence-corrected chi connectivity index (χ3v) is 6.61. The molecule has 0 unspecified atom stereocenters. The molecule has 0 spiro atoms. The van der Waals surface area contributed by atoms with Gasteiger partial charge in [0.2, 0.25) is 0 Å². The Morgan fingerprint density at radius 1 is 0.861 bits per heavy atom. The predicted molar refractivity (Wildman–Crippen MR) is 142 cm³/mol.